The number of aromatic nitrogens is 2. The number of thiazole rings is 1. The molecule has 0 saturated carbocycles. The maximum absolute atomic E-state index is 5.81. The van der Waals surface area contributed by atoms with E-state index in [2.05, 4.69) is 46.3 Å². The Bertz CT molecular complexity index is 623. The quantitative estimate of drug-likeness (QED) is 0.872. The second kappa shape index (κ2) is 8.16. The number of pyridine rings is 1. The first-order valence-electron chi connectivity index (χ1n) is 8.58. The van der Waals surface area contributed by atoms with Gasteiger partial charge in [-0.25, -0.2) is 4.98 Å². The summed E-state index contributed by atoms with van der Waals surface area (Å²) in [5, 5.41) is 6.63. The van der Waals surface area contributed by atoms with Crippen LogP contribution < -0.4 is 5.32 Å². The number of hydrogen-bond acceptors (Lipinski definition) is 6. The molecule has 1 aliphatic heterocycles. The molecule has 0 unspecified atom stereocenters. The summed E-state index contributed by atoms with van der Waals surface area (Å²) in [6.45, 7) is 10.3. The van der Waals surface area contributed by atoms with Crippen LogP contribution in [0.15, 0.2) is 29.8 Å². The van der Waals surface area contributed by atoms with Gasteiger partial charge in [-0.15, -0.1) is 11.3 Å². The Hall–Kier alpha value is -1.34. The monoisotopic (exact) mass is 346 g/mol. The van der Waals surface area contributed by atoms with Crippen molar-refractivity contribution >= 4 is 11.3 Å². The van der Waals surface area contributed by atoms with E-state index < -0.39 is 0 Å². The van der Waals surface area contributed by atoms with Crippen molar-refractivity contribution in [2.75, 3.05) is 19.6 Å². The van der Waals surface area contributed by atoms with Gasteiger partial charge in [0.15, 0.2) is 0 Å². The molecule has 0 aromatic carbocycles. The topological polar surface area (TPSA) is 50.3 Å². The Labute approximate surface area is 148 Å². The molecule has 2 aromatic heterocycles. The molecular weight excluding hydrogens is 320 g/mol. The van der Waals surface area contributed by atoms with Gasteiger partial charge in [-0.1, -0.05) is 6.07 Å². The van der Waals surface area contributed by atoms with Crippen LogP contribution in [0.2, 0.25) is 0 Å². The minimum atomic E-state index is 0.315. The summed E-state index contributed by atoms with van der Waals surface area (Å²) in [5.74, 6) is 0. The van der Waals surface area contributed by atoms with Crippen molar-refractivity contribution in [2.45, 2.75) is 45.6 Å². The van der Waals surface area contributed by atoms with Gasteiger partial charge in [0.05, 0.1) is 23.6 Å². The highest BCUT2D eigenvalue weighted by Gasteiger charge is 2.25. The fourth-order valence-electron chi connectivity index (χ4n) is 3.11. The van der Waals surface area contributed by atoms with Gasteiger partial charge in [0.2, 0.25) is 0 Å². The number of nitrogens with one attached hydrogen (secondary N) is 1. The molecule has 24 heavy (non-hydrogen) atoms. The van der Waals surface area contributed by atoms with Crippen LogP contribution in [0.25, 0.3) is 10.7 Å². The third-order valence-electron chi connectivity index (χ3n) is 4.25. The van der Waals surface area contributed by atoms with Crippen molar-refractivity contribution in [3.05, 3.63) is 35.5 Å². The molecule has 3 atom stereocenters. The Kier molecular flexibility index (Phi) is 5.94. The Balaban J connectivity index is 1.47. The SMILES string of the molecule is C[C@@H]1CN([C@H](C)CNCc2csc(-c3ccccn3)n2)C[C@@H](C)O1. The molecule has 3 heterocycles. The lowest BCUT2D eigenvalue weighted by atomic mass is 10.1. The first-order valence-corrected chi connectivity index (χ1v) is 9.46. The number of rotatable bonds is 6. The maximum Gasteiger partial charge on any atom is 0.142 e. The van der Waals surface area contributed by atoms with Crippen LogP contribution in [0.5, 0.6) is 0 Å². The summed E-state index contributed by atoms with van der Waals surface area (Å²) in [6, 6.07) is 6.41. The predicted octanol–water partition coefficient (Wildman–Crippen LogP) is 2.79. The Morgan fingerprint density at radius 3 is 2.83 bits per heavy atom. The smallest absolute Gasteiger partial charge is 0.142 e. The number of ether oxygens (including phenoxy) is 1. The lowest BCUT2D eigenvalue weighted by Crippen LogP contribution is -2.51. The lowest BCUT2D eigenvalue weighted by molar-refractivity contribution is -0.0781. The van der Waals surface area contributed by atoms with Gasteiger partial charge in [-0.3, -0.25) is 9.88 Å². The average molecular weight is 347 g/mol. The third-order valence-corrected chi connectivity index (χ3v) is 5.17. The van der Waals surface area contributed by atoms with Crippen LogP contribution in [-0.2, 0) is 11.3 Å². The summed E-state index contributed by atoms with van der Waals surface area (Å²) in [5.41, 5.74) is 2.02. The fraction of sp³-hybridized carbons (Fsp3) is 0.556. The van der Waals surface area contributed by atoms with Crippen molar-refractivity contribution in [1.29, 1.82) is 0 Å². The zero-order valence-corrected chi connectivity index (χ0v) is 15.4. The van der Waals surface area contributed by atoms with Crippen LogP contribution in [0.4, 0.5) is 0 Å². The summed E-state index contributed by atoms with van der Waals surface area (Å²) >= 11 is 1.65. The van der Waals surface area contributed by atoms with Crippen molar-refractivity contribution in [2.24, 2.45) is 0 Å². The van der Waals surface area contributed by atoms with E-state index in [4.69, 9.17) is 4.74 Å². The first-order chi connectivity index (χ1) is 11.6. The standard InChI is InChI=1S/C18H26N4OS/c1-13(22-10-14(2)23-15(3)11-22)8-19-9-16-12-24-18(21-16)17-6-4-5-7-20-17/h4-7,12-15,19H,8-11H2,1-3H3/t13-,14-,15-/m1/s1. The van der Waals surface area contributed by atoms with E-state index in [1.807, 2.05) is 18.2 Å². The molecule has 1 saturated heterocycles. The molecule has 1 aliphatic rings. The van der Waals surface area contributed by atoms with Gasteiger partial charge in [-0.2, -0.15) is 0 Å². The van der Waals surface area contributed by atoms with Crippen LogP contribution in [0.3, 0.4) is 0 Å². The Morgan fingerprint density at radius 1 is 1.33 bits per heavy atom. The van der Waals surface area contributed by atoms with Crippen LogP contribution >= 0.6 is 11.3 Å². The third kappa shape index (κ3) is 4.60. The molecule has 1 fully saturated rings. The second-order valence-electron chi connectivity index (χ2n) is 6.55. The van der Waals surface area contributed by atoms with Crippen molar-refractivity contribution in [1.82, 2.24) is 20.2 Å². The maximum atomic E-state index is 5.81. The van der Waals surface area contributed by atoms with E-state index in [0.717, 1.165) is 42.6 Å². The molecule has 2 aromatic rings. The van der Waals surface area contributed by atoms with Crippen LogP contribution in [-0.4, -0.2) is 52.8 Å². The molecule has 0 radical (unpaired) electrons. The zero-order chi connectivity index (χ0) is 16.9. The van der Waals surface area contributed by atoms with Gasteiger partial charge in [0.1, 0.15) is 5.01 Å². The number of hydrogen-bond donors (Lipinski definition) is 1. The minimum absolute atomic E-state index is 0.315. The van der Waals surface area contributed by atoms with Crippen molar-refractivity contribution in [3.8, 4) is 10.7 Å². The van der Waals surface area contributed by atoms with E-state index in [9.17, 15) is 0 Å². The first kappa shape index (κ1) is 17.5. The molecule has 0 bridgehead atoms. The van der Waals surface area contributed by atoms with E-state index >= 15 is 0 Å². The predicted molar refractivity (Wildman–Crippen MR) is 98.1 cm³/mol. The highest BCUT2D eigenvalue weighted by molar-refractivity contribution is 7.13. The van der Waals surface area contributed by atoms with Crippen LogP contribution in [0.1, 0.15) is 26.5 Å². The molecular formula is C18H26N4OS. The molecule has 130 valence electrons. The largest absolute Gasteiger partial charge is 0.373 e. The van der Waals surface area contributed by atoms with Gasteiger partial charge in [0, 0.05) is 43.8 Å². The van der Waals surface area contributed by atoms with Crippen molar-refractivity contribution < 1.29 is 4.74 Å². The van der Waals surface area contributed by atoms with Gasteiger partial charge < -0.3 is 10.1 Å². The summed E-state index contributed by atoms with van der Waals surface area (Å²) in [4.78, 5) is 11.5. The average Bonchev–Trinajstić information content (AvgIpc) is 3.03. The minimum Gasteiger partial charge on any atom is -0.373 e. The van der Waals surface area contributed by atoms with E-state index in [0.29, 0.717) is 18.2 Å². The number of nitrogens with zero attached hydrogens (tertiary/aromatic N) is 3. The van der Waals surface area contributed by atoms with Gasteiger partial charge >= 0.3 is 0 Å². The van der Waals surface area contributed by atoms with E-state index in [1.165, 1.54) is 0 Å². The summed E-state index contributed by atoms with van der Waals surface area (Å²) < 4.78 is 5.81. The number of morpholine rings is 1. The summed E-state index contributed by atoms with van der Waals surface area (Å²) in [6.07, 6.45) is 2.44. The van der Waals surface area contributed by atoms with E-state index in [-0.39, 0.29) is 0 Å². The molecule has 1 N–H and O–H groups in total. The summed E-state index contributed by atoms with van der Waals surface area (Å²) in [7, 11) is 0. The molecule has 0 amide bonds. The highest BCUT2D eigenvalue weighted by Crippen LogP contribution is 2.21. The molecule has 0 aliphatic carbocycles. The fourth-order valence-corrected chi connectivity index (χ4v) is 3.91. The Morgan fingerprint density at radius 2 is 2.12 bits per heavy atom. The van der Waals surface area contributed by atoms with Crippen molar-refractivity contribution in [3.63, 3.8) is 0 Å². The molecule has 0 spiro atoms. The van der Waals surface area contributed by atoms with Crippen LogP contribution in [0, 0.1) is 0 Å². The van der Waals surface area contributed by atoms with Gasteiger partial charge in [0.25, 0.3) is 0 Å². The molecule has 5 nitrogen and oxygen atoms in total. The zero-order valence-electron chi connectivity index (χ0n) is 14.6. The van der Waals surface area contributed by atoms with E-state index in [1.54, 1.807) is 17.5 Å². The normalized spacial score (nSPS) is 23.3. The highest BCUT2D eigenvalue weighted by atomic mass is 32.1. The molecule has 6 heteroatoms. The lowest BCUT2D eigenvalue weighted by Gasteiger charge is -2.39. The second-order valence-corrected chi connectivity index (χ2v) is 7.41. The van der Waals surface area contributed by atoms with Gasteiger partial charge in [-0.05, 0) is 32.9 Å². The molecule has 3 rings (SSSR count).